The molecule has 1 N–H and O–H groups in total. The Labute approximate surface area is 95.7 Å². The van der Waals surface area contributed by atoms with Gasteiger partial charge in [-0.15, -0.1) is 0 Å². The van der Waals surface area contributed by atoms with E-state index in [1.54, 1.807) is 0 Å². The monoisotopic (exact) mass is 229 g/mol. The maximum Gasteiger partial charge on any atom is 0.0501 e. The molecular weight excluding hydrogens is 206 g/mol. The summed E-state index contributed by atoms with van der Waals surface area (Å²) in [6, 6.07) is 1.05. The number of hydrogen-bond acceptors (Lipinski definition) is 2. The zero-order valence-electron chi connectivity index (χ0n) is 9.71. The van der Waals surface area contributed by atoms with Crippen LogP contribution < -0.4 is 5.32 Å². The molecular formula is C12H23NOS. The molecule has 0 aromatic carbocycles. The Balaban J connectivity index is 2.01. The summed E-state index contributed by atoms with van der Waals surface area (Å²) < 4.78 is 12.1. The Kier molecular flexibility index (Phi) is 4.21. The second kappa shape index (κ2) is 5.44. The van der Waals surface area contributed by atoms with Gasteiger partial charge in [0.05, 0.1) is 5.25 Å². The van der Waals surface area contributed by atoms with Crippen LogP contribution in [0, 0.1) is 0 Å². The van der Waals surface area contributed by atoms with Crippen LogP contribution in [-0.4, -0.2) is 27.3 Å². The minimum atomic E-state index is -0.568. The Bertz CT molecular complexity index is 232. The SMILES string of the molecule is CCC1CS(=O)C2CCCCCCC2N1. The third-order valence-corrected chi connectivity index (χ3v) is 5.82. The van der Waals surface area contributed by atoms with Crippen molar-refractivity contribution in [1.82, 2.24) is 5.32 Å². The van der Waals surface area contributed by atoms with Crippen molar-refractivity contribution >= 4 is 10.8 Å². The van der Waals surface area contributed by atoms with Gasteiger partial charge in [-0.3, -0.25) is 4.21 Å². The molecule has 0 aromatic heterocycles. The van der Waals surface area contributed by atoms with E-state index in [2.05, 4.69) is 12.2 Å². The maximum atomic E-state index is 12.1. The summed E-state index contributed by atoms with van der Waals surface area (Å²) in [5, 5.41) is 4.16. The highest BCUT2D eigenvalue weighted by Crippen LogP contribution is 2.25. The largest absolute Gasteiger partial charge is 0.309 e. The predicted molar refractivity (Wildman–Crippen MR) is 65.5 cm³/mol. The first-order chi connectivity index (χ1) is 7.31. The van der Waals surface area contributed by atoms with E-state index in [-0.39, 0.29) is 0 Å². The minimum absolute atomic E-state index is 0.452. The highest BCUT2D eigenvalue weighted by molar-refractivity contribution is 7.85. The average molecular weight is 229 g/mol. The van der Waals surface area contributed by atoms with Gasteiger partial charge in [-0.05, 0) is 19.3 Å². The molecule has 1 saturated heterocycles. The third kappa shape index (κ3) is 2.82. The van der Waals surface area contributed by atoms with Crippen molar-refractivity contribution in [3.8, 4) is 0 Å². The van der Waals surface area contributed by atoms with E-state index in [4.69, 9.17) is 0 Å². The molecule has 2 aliphatic rings. The first kappa shape index (κ1) is 11.6. The standard InChI is InChI=1S/C12H23NOS/c1-2-10-9-15(14)12-8-6-4-3-5-7-11(12)13-10/h10-13H,2-9H2,1H3. The summed E-state index contributed by atoms with van der Waals surface area (Å²) in [5.74, 6) is 0.887. The van der Waals surface area contributed by atoms with E-state index in [1.165, 1.54) is 38.5 Å². The van der Waals surface area contributed by atoms with Gasteiger partial charge in [0.15, 0.2) is 0 Å². The Morgan fingerprint density at radius 2 is 1.93 bits per heavy atom. The van der Waals surface area contributed by atoms with Crippen LogP contribution in [0.25, 0.3) is 0 Å². The molecule has 2 fully saturated rings. The fourth-order valence-corrected chi connectivity index (χ4v) is 4.85. The normalized spacial score (nSPS) is 42.7. The number of fused-ring (bicyclic) bond motifs is 1. The van der Waals surface area contributed by atoms with E-state index >= 15 is 0 Å². The van der Waals surface area contributed by atoms with Crippen molar-refractivity contribution < 1.29 is 4.21 Å². The number of nitrogens with one attached hydrogen (secondary N) is 1. The summed E-state index contributed by atoms with van der Waals surface area (Å²) in [6.07, 6.45) is 8.86. The predicted octanol–water partition coefficient (Wildman–Crippen LogP) is 2.21. The molecule has 15 heavy (non-hydrogen) atoms. The lowest BCUT2D eigenvalue weighted by molar-refractivity contribution is 0.346. The lowest BCUT2D eigenvalue weighted by Gasteiger charge is -2.38. The van der Waals surface area contributed by atoms with E-state index in [9.17, 15) is 4.21 Å². The molecule has 1 aliphatic heterocycles. The van der Waals surface area contributed by atoms with Crippen LogP contribution in [0.1, 0.15) is 51.9 Å². The van der Waals surface area contributed by atoms with Crippen molar-refractivity contribution in [2.45, 2.75) is 69.2 Å². The summed E-state index contributed by atoms with van der Waals surface area (Å²) >= 11 is 0. The minimum Gasteiger partial charge on any atom is -0.309 e. The molecule has 1 aliphatic carbocycles. The maximum absolute atomic E-state index is 12.1. The summed E-state index contributed by atoms with van der Waals surface area (Å²) in [5.41, 5.74) is 0. The van der Waals surface area contributed by atoms with Crippen LogP contribution >= 0.6 is 0 Å². The zero-order valence-corrected chi connectivity index (χ0v) is 10.5. The van der Waals surface area contributed by atoms with E-state index in [0.717, 1.165) is 12.2 Å². The molecule has 88 valence electrons. The third-order valence-electron chi connectivity index (χ3n) is 3.85. The van der Waals surface area contributed by atoms with Gasteiger partial charge in [0.25, 0.3) is 0 Å². The molecule has 0 aromatic rings. The Morgan fingerprint density at radius 3 is 2.67 bits per heavy atom. The van der Waals surface area contributed by atoms with Crippen molar-refractivity contribution in [3.63, 3.8) is 0 Å². The van der Waals surface area contributed by atoms with Crippen LogP contribution in [0.5, 0.6) is 0 Å². The van der Waals surface area contributed by atoms with Gasteiger partial charge in [-0.25, -0.2) is 0 Å². The van der Waals surface area contributed by atoms with Crippen molar-refractivity contribution in [2.24, 2.45) is 0 Å². The molecule has 1 heterocycles. The van der Waals surface area contributed by atoms with Crippen molar-refractivity contribution in [3.05, 3.63) is 0 Å². The molecule has 4 atom stereocenters. The highest BCUT2D eigenvalue weighted by Gasteiger charge is 2.34. The highest BCUT2D eigenvalue weighted by atomic mass is 32.2. The van der Waals surface area contributed by atoms with Gasteiger partial charge in [-0.1, -0.05) is 32.6 Å². The molecule has 3 heteroatoms. The van der Waals surface area contributed by atoms with Crippen molar-refractivity contribution in [1.29, 1.82) is 0 Å². The second-order valence-electron chi connectivity index (χ2n) is 4.96. The van der Waals surface area contributed by atoms with E-state index < -0.39 is 10.8 Å². The smallest absolute Gasteiger partial charge is 0.0501 e. The quantitative estimate of drug-likeness (QED) is 0.747. The summed E-state index contributed by atoms with van der Waals surface area (Å²) in [6.45, 7) is 2.19. The Morgan fingerprint density at radius 1 is 1.20 bits per heavy atom. The van der Waals surface area contributed by atoms with Crippen molar-refractivity contribution in [2.75, 3.05) is 5.75 Å². The second-order valence-corrected chi connectivity index (χ2v) is 6.66. The van der Waals surface area contributed by atoms with Gasteiger partial charge in [-0.2, -0.15) is 0 Å². The fourth-order valence-electron chi connectivity index (χ4n) is 2.86. The fraction of sp³-hybridized carbons (Fsp3) is 1.00. The zero-order chi connectivity index (χ0) is 10.7. The van der Waals surface area contributed by atoms with Crippen LogP contribution in [0.2, 0.25) is 0 Å². The lowest BCUT2D eigenvalue weighted by atomic mass is 9.95. The van der Waals surface area contributed by atoms with Gasteiger partial charge in [0, 0.05) is 28.6 Å². The summed E-state index contributed by atoms with van der Waals surface area (Å²) in [4.78, 5) is 0. The average Bonchev–Trinajstić information content (AvgIpc) is 2.19. The van der Waals surface area contributed by atoms with E-state index in [0.29, 0.717) is 17.3 Å². The summed E-state index contributed by atoms with van der Waals surface area (Å²) in [7, 11) is -0.568. The molecule has 0 spiro atoms. The molecule has 1 saturated carbocycles. The van der Waals surface area contributed by atoms with Gasteiger partial charge in [0.2, 0.25) is 0 Å². The number of rotatable bonds is 1. The van der Waals surface area contributed by atoms with Gasteiger partial charge in [0.1, 0.15) is 0 Å². The molecule has 2 rings (SSSR count). The molecule has 0 amide bonds. The Hall–Kier alpha value is 0.110. The van der Waals surface area contributed by atoms with Crippen LogP contribution in [0.3, 0.4) is 0 Å². The topological polar surface area (TPSA) is 29.1 Å². The molecule has 0 bridgehead atoms. The van der Waals surface area contributed by atoms with Crippen LogP contribution in [-0.2, 0) is 10.8 Å². The first-order valence-electron chi connectivity index (χ1n) is 6.44. The number of hydrogen-bond donors (Lipinski definition) is 1. The van der Waals surface area contributed by atoms with Crippen LogP contribution in [0.4, 0.5) is 0 Å². The van der Waals surface area contributed by atoms with Gasteiger partial charge < -0.3 is 5.32 Å². The molecule has 2 nitrogen and oxygen atoms in total. The molecule has 4 unspecified atom stereocenters. The van der Waals surface area contributed by atoms with E-state index in [1.807, 2.05) is 0 Å². The van der Waals surface area contributed by atoms with Crippen LogP contribution in [0.15, 0.2) is 0 Å². The first-order valence-corrected chi connectivity index (χ1v) is 7.82. The molecule has 0 radical (unpaired) electrons. The lowest BCUT2D eigenvalue weighted by Crippen LogP contribution is -2.55. The van der Waals surface area contributed by atoms with Gasteiger partial charge >= 0.3 is 0 Å².